The molecule has 1 saturated heterocycles. The molecule has 0 spiro atoms. The maximum Gasteiger partial charge on any atom is 0.317 e. The van der Waals surface area contributed by atoms with Gasteiger partial charge in [-0.25, -0.2) is 4.79 Å². The first kappa shape index (κ1) is 19.2. The van der Waals surface area contributed by atoms with Gasteiger partial charge in [0.2, 0.25) is 0 Å². The number of amides is 2. The van der Waals surface area contributed by atoms with Crippen LogP contribution >= 0.6 is 0 Å². The molecule has 2 heterocycles. The lowest BCUT2D eigenvalue weighted by Crippen LogP contribution is -2.55. The monoisotopic (exact) mass is 397 g/mol. The number of nitrogens with zero attached hydrogens (tertiary/aromatic N) is 2. The van der Waals surface area contributed by atoms with Crippen molar-refractivity contribution >= 4 is 11.7 Å². The van der Waals surface area contributed by atoms with E-state index in [1.54, 1.807) is 14.2 Å². The van der Waals surface area contributed by atoms with Crippen molar-refractivity contribution in [2.75, 3.05) is 51.9 Å². The van der Waals surface area contributed by atoms with Crippen molar-refractivity contribution in [3.63, 3.8) is 0 Å². The highest BCUT2D eigenvalue weighted by atomic mass is 16.5. The summed E-state index contributed by atoms with van der Waals surface area (Å²) in [5.74, 6) is 2.51. The van der Waals surface area contributed by atoms with Crippen LogP contribution in [0.4, 0.5) is 10.5 Å². The summed E-state index contributed by atoms with van der Waals surface area (Å²) < 4.78 is 16.3. The number of carbonyl (C=O) groups excluding carboxylic acids is 1. The van der Waals surface area contributed by atoms with Crippen molar-refractivity contribution in [1.82, 2.24) is 10.2 Å². The van der Waals surface area contributed by atoms with Crippen molar-refractivity contribution in [1.29, 1.82) is 0 Å². The fourth-order valence-electron chi connectivity index (χ4n) is 3.82. The molecule has 1 atom stereocenters. The Balaban J connectivity index is 1.29. The number of ether oxygens (including phenoxy) is 3. The van der Waals surface area contributed by atoms with E-state index in [0.29, 0.717) is 19.7 Å². The number of piperazine rings is 1. The molecule has 1 N–H and O–H groups in total. The summed E-state index contributed by atoms with van der Waals surface area (Å²) in [6, 6.07) is 13.8. The number of nitrogens with one attached hydrogen (secondary N) is 1. The second-order valence-electron chi connectivity index (χ2n) is 7.31. The summed E-state index contributed by atoms with van der Waals surface area (Å²) in [5, 5.41) is 3.12. The highest BCUT2D eigenvalue weighted by Gasteiger charge is 2.26. The minimum atomic E-state index is -0.0401. The first-order chi connectivity index (χ1) is 14.2. The van der Waals surface area contributed by atoms with Gasteiger partial charge in [-0.3, -0.25) is 0 Å². The molecule has 4 rings (SSSR count). The van der Waals surface area contributed by atoms with Gasteiger partial charge in [-0.2, -0.15) is 0 Å². The first-order valence-electron chi connectivity index (χ1n) is 9.90. The van der Waals surface area contributed by atoms with Crippen LogP contribution in [0.3, 0.4) is 0 Å². The smallest absolute Gasteiger partial charge is 0.317 e. The summed E-state index contributed by atoms with van der Waals surface area (Å²) >= 11 is 0. The van der Waals surface area contributed by atoms with Gasteiger partial charge in [-0.15, -0.1) is 0 Å². The summed E-state index contributed by atoms with van der Waals surface area (Å²) in [6.07, 6.45) is 0.740. The number of rotatable bonds is 4. The highest BCUT2D eigenvalue weighted by Crippen LogP contribution is 2.28. The molecule has 2 aromatic rings. The molecule has 2 aliphatic rings. The lowest BCUT2D eigenvalue weighted by Gasteiger charge is -2.37. The molecule has 0 radical (unpaired) electrons. The molecule has 0 aliphatic carbocycles. The van der Waals surface area contributed by atoms with E-state index in [2.05, 4.69) is 22.3 Å². The minimum Gasteiger partial charge on any atom is -0.497 e. The standard InChI is InChI=1S/C22H27N3O4/c1-27-19-5-3-18(4-6-19)24-9-11-25(12-10-24)22(26)23-17-13-16-14-20(28-2)7-8-21(16)29-15-17/h3-8,14,17H,9-13,15H2,1-2H3,(H,23,26)/t17-/m1/s1. The van der Waals surface area contributed by atoms with Crippen LogP contribution in [0, 0.1) is 0 Å². The highest BCUT2D eigenvalue weighted by molar-refractivity contribution is 5.75. The van der Waals surface area contributed by atoms with Gasteiger partial charge in [-0.05, 0) is 54.4 Å². The minimum absolute atomic E-state index is 0.0284. The third-order valence-electron chi connectivity index (χ3n) is 5.51. The average Bonchev–Trinajstić information content (AvgIpc) is 2.78. The SMILES string of the molecule is COc1ccc(N2CCN(C(=O)N[C@H]3COc4ccc(OC)cc4C3)CC2)cc1. The van der Waals surface area contributed by atoms with Gasteiger partial charge in [0.1, 0.15) is 23.9 Å². The van der Waals surface area contributed by atoms with Gasteiger partial charge in [0.25, 0.3) is 0 Å². The van der Waals surface area contributed by atoms with Gasteiger partial charge in [0, 0.05) is 31.9 Å². The Morgan fingerprint density at radius 2 is 1.69 bits per heavy atom. The largest absolute Gasteiger partial charge is 0.497 e. The van der Waals surface area contributed by atoms with Gasteiger partial charge >= 0.3 is 6.03 Å². The molecule has 154 valence electrons. The Hall–Kier alpha value is -3.09. The third kappa shape index (κ3) is 4.34. The molecule has 0 saturated carbocycles. The van der Waals surface area contributed by atoms with Crippen molar-refractivity contribution in [3.05, 3.63) is 48.0 Å². The zero-order chi connectivity index (χ0) is 20.2. The number of urea groups is 1. The number of hydrogen-bond acceptors (Lipinski definition) is 5. The molecule has 7 nitrogen and oxygen atoms in total. The molecule has 29 heavy (non-hydrogen) atoms. The van der Waals surface area contributed by atoms with Gasteiger partial charge < -0.3 is 29.3 Å². The van der Waals surface area contributed by atoms with Crippen LogP contribution in [0.5, 0.6) is 17.2 Å². The van der Waals surface area contributed by atoms with E-state index in [0.717, 1.165) is 48.0 Å². The fraction of sp³-hybridized carbons (Fsp3) is 0.409. The molecule has 0 bridgehead atoms. The number of methoxy groups -OCH3 is 2. The molecule has 2 aromatic carbocycles. The van der Waals surface area contributed by atoms with Crippen molar-refractivity contribution in [3.8, 4) is 17.2 Å². The van der Waals surface area contributed by atoms with Crippen molar-refractivity contribution in [2.24, 2.45) is 0 Å². The van der Waals surface area contributed by atoms with Crippen molar-refractivity contribution < 1.29 is 19.0 Å². The lowest BCUT2D eigenvalue weighted by atomic mass is 10.0. The van der Waals surface area contributed by atoms with Crippen LogP contribution < -0.4 is 24.4 Å². The second-order valence-corrected chi connectivity index (χ2v) is 7.31. The summed E-state index contributed by atoms with van der Waals surface area (Å²) in [6.45, 7) is 3.48. The molecule has 1 fully saturated rings. The average molecular weight is 397 g/mol. The van der Waals surface area contributed by atoms with E-state index in [1.807, 2.05) is 35.2 Å². The van der Waals surface area contributed by atoms with Crippen LogP contribution in [0.15, 0.2) is 42.5 Å². The number of benzene rings is 2. The van der Waals surface area contributed by atoms with Crippen LogP contribution in [-0.2, 0) is 6.42 Å². The number of anilines is 1. The Morgan fingerprint density at radius 1 is 1.00 bits per heavy atom. The Bertz CT molecular complexity index is 848. The maximum absolute atomic E-state index is 12.7. The topological polar surface area (TPSA) is 63.3 Å². The van der Waals surface area contributed by atoms with Crippen LogP contribution in [0.1, 0.15) is 5.56 Å². The fourth-order valence-corrected chi connectivity index (χ4v) is 3.82. The molecule has 0 aromatic heterocycles. The van der Waals surface area contributed by atoms with Gasteiger partial charge in [0.05, 0.1) is 20.3 Å². The molecule has 2 aliphatic heterocycles. The zero-order valence-corrected chi connectivity index (χ0v) is 16.9. The number of hydrogen-bond donors (Lipinski definition) is 1. The molecule has 2 amide bonds. The maximum atomic E-state index is 12.7. The van der Waals surface area contributed by atoms with Crippen LogP contribution in [0.25, 0.3) is 0 Å². The van der Waals surface area contributed by atoms with Gasteiger partial charge in [0.15, 0.2) is 0 Å². The van der Waals surface area contributed by atoms with Crippen LogP contribution in [-0.4, -0.2) is 64.0 Å². The van der Waals surface area contributed by atoms with Gasteiger partial charge in [-0.1, -0.05) is 0 Å². The van der Waals surface area contributed by atoms with E-state index < -0.39 is 0 Å². The number of carbonyl (C=O) groups is 1. The Labute approximate surface area is 171 Å². The summed E-state index contributed by atoms with van der Waals surface area (Å²) in [7, 11) is 3.31. The number of fused-ring (bicyclic) bond motifs is 1. The summed E-state index contributed by atoms with van der Waals surface area (Å²) in [5.41, 5.74) is 2.21. The molecule has 0 unspecified atom stereocenters. The third-order valence-corrected chi connectivity index (χ3v) is 5.51. The van der Waals surface area contributed by atoms with Crippen LogP contribution in [0.2, 0.25) is 0 Å². The van der Waals surface area contributed by atoms with Crippen molar-refractivity contribution in [2.45, 2.75) is 12.5 Å². The Kier molecular flexibility index (Phi) is 5.64. The van der Waals surface area contributed by atoms with E-state index in [4.69, 9.17) is 14.2 Å². The predicted octanol–water partition coefficient (Wildman–Crippen LogP) is 2.54. The predicted molar refractivity (Wildman–Crippen MR) is 111 cm³/mol. The van der Waals surface area contributed by atoms with E-state index >= 15 is 0 Å². The lowest BCUT2D eigenvalue weighted by molar-refractivity contribution is 0.178. The summed E-state index contributed by atoms with van der Waals surface area (Å²) in [4.78, 5) is 16.9. The molecular formula is C22H27N3O4. The first-order valence-corrected chi connectivity index (χ1v) is 9.90. The normalized spacial score (nSPS) is 18.5. The molecular weight excluding hydrogens is 370 g/mol. The second kappa shape index (κ2) is 8.51. The zero-order valence-electron chi connectivity index (χ0n) is 16.9. The Morgan fingerprint density at radius 3 is 2.38 bits per heavy atom. The van der Waals surface area contributed by atoms with E-state index in [-0.39, 0.29) is 12.1 Å². The quantitative estimate of drug-likeness (QED) is 0.859. The van der Waals surface area contributed by atoms with E-state index in [1.165, 1.54) is 0 Å². The molecule has 7 heteroatoms. The van der Waals surface area contributed by atoms with E-state index in [9.17, 15) is 4.79 Å².